The van der Waals surface area contributed by atoms with E-state index in [0.717, 1.165) is 0 Å². The molecule has 1 aliphatic rings. The lowest BCUT2D eigenvalue weighted by atomic mass is 9.78. The van der Waals surface area contributed by atoms with E-state index in [1.165, 1.54) is 0 Å². The van der Waals surface area contributed by atoms with Gasteiger partial charge in [0.05, 0.1) is 6.61 Å². The van der Waals surface area contributed by atoms with Crippen molar-refractivity contribution in [1.29, 1.82) is 0 Å². The van der Waals surface area contributed by atoms with Crippen LogP contribution in [0.2, 0.25) is 0 Å². The fourth-order valence-electron chi connectivity index (χ4n) is 3.17. The number of amides is 1. The van der Waals surface area contributed by atoms with Gasteiger partial charge in [-0.2, -0.15) is 0 Å². The highest BCUT2D eigenvalue weighted by molar-refractivity contribution is 6.26. The van der Waals surface area contributed by atoms with Crippen LogP contribution in [0.4, 0.5) is 4.79 Å². The minimum Gasteiger partial charge on any atom is -0.461 e. The van der Waals surface area contributed by atoms with Gasteiger partial charge in [-0.1, -0.05) is 0 Å². The van der Waals surface area contributed by atoms with Crippen LogP contribution in [0.25, 0.3) is 0 Å². The van der Waals surface area contributed by atoms with Crippen molar-refractivity contribution in [3.63, 3.8) is 0 Å². The lowest BCUT2D eigenvalue weighted by molar-refractivity contribution is -0.155. The zero-order valence-corrected chi connectivity index (χ0v) is 13.6. The van der Waals surface area contributed by atoms with E-state index in [0.29, 0.717) is 19.4 Å². The average Bonchev–Trinajstić information content (AvgIpc) is 2.25. The molecule has 0 unspecified atom stereocenters. The van der Waals surface area contributed by atoms with Gasteiger partial charge < -0.3 is 9.47 Å². The molecule has 1 aliphatic heterocycles. The minimum atomic E-state index is -0.453. The SMILES string of the molecule is CCOC(=O)N1C(C)(C)CC(OC(=O)CCl)CC1(C)C. The van der Waals surface area contributed by atoms with E-state index in [2.05, 4.69) is 0 Å². The number of ether oxygens (including phenoxy) is 2. The molecule has 0 aromatic heterocycles. The topological polar surface area (TPSA) is 55.8 Å². The second-order valence-electron chi connectivity index (χ2n) is 6.31. The number of rotatable bonds is 3. The van der Waals surface area contributed by atoms with Gasteiger partial charge >= 0.3 is 12.1 Å². The van der Waals surface area contributed by atoms with Crippen molar-refractivity contribution in [3.8, 4) is 0 Å². The van der Waals surface area contributed by atoms with Crippen molar-refractivity contribution in [2.45, 2.75) is 64.6 Å². The molecule has 0 aromatic rings. The Morgan fingerprint density at radius 2 is 1.70 bits per heavy atom. The maximum atomic E-state index is 12.2. The summed E-state index contributed by atoms with van der Waals surface area (Å²) in [5.74, 6) is -0.577. The number of alkyl halides is 1. The molecule has 1 fully saturated rings. The molecule has 20 heavy (non-hydrogen) atoms. The molecule has 0 atom stereocenters. The van der Waals surface area contributed by atoms with Crippen molar-refractivity contribution in [2.24, 2.45) is 0 Å². The van der Waals surface area contributed by atoms with Crippen LogP contribution >= 0.6 is 11.6 Å². The fraction of sp³-hybridized carbons (Fsp3) is 0.857. The first-order valence-corrected chi connectivity index (χ1v) is 7.40. The lowest BCUT2D eigenvalue weighted by Gasteiger charge is -2.53. The Kier molecular flexibility index (Phi) is 5.30. The first-order chi connectivity index (χ1) is 9.14. The molecule has 0 N–H and O–H groups in total. The zero-order chi connectivity index (χ0) is 15.6. The van der Waals surface area contributed by atoms with Crippen LogP contribution in [-0.4, -0.2) is 46.6 Å². The largest absolute Gasteiger partial charge is 0.461 e. The number of carbonyl (C=O) groups excluding carboxylic acids is 2. The number of nitrogens with zero attached hydrogens (tertiary/aromatic N) is 1. The molecular weight excluding hydrogens is 282 g/mol. The molecule has 0 saturated carbocycles. The number of halogens is 1. The number of esters is 1. The maximum absolute atomic E-state index is 12.2. The van der Waals surface area contributed by atoms with Gasteiger partial charge in [0.2, 0.25) is 0 Å². The molecule has 0 bridgehead atoms. The predicted molar refractivity (Wildman–Crippen MR) is 76.9 cm³/mol. The van der Waals surface area contributed by atoms with Crippen LogP contribution in [0.15, 0.2) is 0 Å². The van der Waals surface area contributed by atoms with Gasteiger partial charge in [0.1, 0.15) is 12.0 Å². The van der Waals surface area contributed by atoms with Crippen molar-refractivity contribution < 1.29 is 19.1 Å². The van der Waals surface area contributed by atoms with Gasteiger partial charge in [-0.05, 0) is 34.6 Å². The normalized spacial score (nSPS) is 21.4. The lowest BCUT2D eigenvalue weighted by Crippen LogP contribution is -2.64. The molecule has 1 saturated heterocycles. The molecule has 0 spiro atoms. The Labute approximate surface area is 125 Å². The van der Waals surface area contributed by atoms with Gasteiger partial charge in [0, 0.05) is 23.9 Å². The molecular formula is C14H24ClNO4. The zero-order valence-electron chi connectivity index (χ0n) is 12.9. The third-order valence-corrected chi connectivity index (χ3v) is 3.74. The first-order valence-electron chi connectivity index (χ1n) is 6.86. The summed E-state index contributed by atoms with van der Waals surface area (Å²) in [5.41, 5.74) is -0.906. The van der Waals surface area contributed by atoms with Gasteiger partial charge in [-0.15, -0.1) is 11.6 Å². The molecule has 0 radical (unpaired) electrons. The number of carbonyl (C=O) groups is 2. The smallest absolute Gasteiger partial charge is 0.410 e. The highest BCUT2D eigenvalue weighted by atomic mass is 35.5. The molecule has 6 heteroatoms. The van der Waals surface area contributed by atoms with Crippen LogP contribution in [0.3, 0.4) is 0 Å². The summed E-state index contributed by atoms with van der Waals surface area (Å²) in [6.45, 7) is 9.93. The second-order valence-corrected chi connectivity index (χ2v) is 6.58. The third kappa shape index (κ3) is 3.78. The number of piperidine rings is 1. The Balaban J connectivity index is 2.92. The van der Waals surface area contributed by atoms with Crippen molar-refractivity contribution >= 4 is 23.7 Å². The van der Waals surface area contributed by atoms with Crippen molar-refractivity contribution in [1.82, 2.24) is 4.90 Å². The summed E-state index contributed by atoms with van der Waals surface area (Å²) in [4.78, 5) is 25.3. The molecule has 0 aromatic carbocycles. The highest BCUT2D eigenvalue weighted by Crippen LogP contribution is 2.40. The Morgan fingerprint density at radius 1 is 1.20 bits per heavy atom. The minimum absolute atomic E-state index is 0.154. The summed E-state index contributed by atoms with van der Waals surface area (Å²) >= 11 is 5.47. The molecule has 1 heterocycles. The van der Waals surface area contributed by atoms with Crippen LogP contribution in [0.1, 0.15) is 47.5 Å². The third-order valence-electron chi connectivity index (χ3n) is 3.52. The fourth-order valence-corrected chi connectivity index (χ4v) is 3.23. The molecule has 116 valence electrons. The van der Waals surface area contributed by atoms with Gasteiger partial charge in [-0.25, -0.2) is 4.79 Å². The van der Waals surface area contributed by atoms with E-state index < -0.39 is 17.0 Å². The van der Waals surface area contributed by atoms with Gasteiger partial charge in [-0.3, -0.25) is 9.69 Å². The van der Waals surface area contributed by atoms with Crippen LogP contribution < -0.4 is 0 Å². The van der Waals surface area contributed by atoms with E-state index in [9.17, 15) is 9.59 Å². The Morgan fingerprint density at radius 3 is 2.10 bits per heavy atom. The van der Waals surface area contributed by atoms with E-state index in [1.54, 1.807) is 11.8 Å². The van der Waals surface area contributed by atoms with Crippen LogP contribution in [0, 0.1) is 0 Å². The molecule has 1 rings (SSSR count). The summed E-state index contributed by atoms with van der Waals surface area (Å²) in [5, 5.41) is 0. The summed E-state index contributed by atoms with van der Waals surface area (Å²) in [7, 11) is 0. The number of hydrogen-bond donors (Lipinski definition) is 0. The predicted octanol–water partition coefficient (Wildman–Crippen LogP) is 2.95. The van der Waals surface area contributed by atoms with Crippen LogP contribution in [0.5, 0.6) is 0 Å². The van der Waals surface area contributed by atoms with Gasteiger partial charge in [0.25, 0.3) is 0 Å². The summed E-state index contributed by atoms with van der Waals surface area (Å²) < 4.78 is 10.5. The summed E-state index contributed by atoms with van der Waals surface area (Å²) in [6.07, 6.45) is 0.567. The van der Waals surface area contributed by atoms with Gasteiger partial charge in [0.15, 0.2) is 0 Å². The monoisotopic (exact) mass is 305 g/mol. The second kappa shape index (κ2) is 6.20. The molecule has 5 nitrogen and oxygen atoms in total. The number of hydrogen-bond acceptors (Lipinski definition) is 4. The van der Waals surface area contributed by atoms with E-state index in [-0.39, 0.29) is 18.1 Å². The Bertz CT molecular complexity index is 363. The van der Waals surface area contributed by atoms with E-state index in [1.807, 2.05) is 27.7 Å². The highest BCUT2D eigenvalue weighted by Gasteiger charge is 2.49. The van der Waals surface area contributed by atoms with Crippen molar-refractivity contribution in [2.75, 3.05) is 12.5 Å². The number of likely N-dealkylation sites (tertiary alicyclic amines) is 1. The van der Waals surface area contributed by atoms with Crippen molar-refractivity contribution in [3.05, 3.63) is 0 Å². The maximum Gasteiger partial charge on any atom is 0.410 e. The quantitative estimate of drug-likeness (QED) is 0.594. The summed E-state index contributed by atoms with van der Waals surface area (Å²) in [6, 6.07) is 0. The standard InChI is InChI=1S/C14H24ClNO4/c1-6-19-12(18)16-13(2,3)7-10(8-14(16,4)5)20-11(17)9-15/h10H,6-9H2,1-5H3. The first kappa shape index (κ1) is 17.1. The molecule has 1 amide bonds. The molecule has 0 aliphatic carbocycles. The van der Waals surface area contributed by atoms with E-state index >= 15 is 0 Å². The van der Waals surface area contributed by atoms with Crippen LogP contribution in [-0.2, 0) is 14.3 Å². The average molecular weight is 306 g/mol. The van der Waals surface area contributed by atoms with E-state index in [4.69, 9.17) is 21.1 Å². The Hall–Kier alpha value is -0.970.